The predicted molar refractivity (Wildman–Crippen MR) is 263 cm³/mol. The second kappa shape index (κ2) is 21.8. The number of fused-ring (bicyclic) bond motifs is 7. The second-order valence-electron chi connectivity index (χ2n) is 26.4. The van der Waals surface area contributed by atoms with Crippen LogP contribution in [0.25, 0.3) is 0 Å². The molecule has 3 aliphatic heterocycles. The van der Waals surface area contributed by atoms with E-state index in [1.165, 1.54) is 0 Å². The van der Waals surface area contributed by atoms with Crippen LogP contribution in [0.2, 0.25) is 0 Å². The van der Waals surface area contributed by atoms with E-state index in [1.54, 1.807) is 0 Å². The molecule has 0 radical (unpaired) electrons. The van der Waals surface area contributed by atoms with Gasteiger partial charge in [-0.2, -0.15) is 0 Å². The van der Waals surface area contributed by atoms with Gasteiger partial charge in [0.2, 0.25) is 6.29 Å². The van der Waals surface area contributed by atoms with E-state index in [0.717, 1.165) is 5.57 Å². The fourth-order valence-corrected chi connectivity index (χ4v) is 16.7. The van der Waals surface area contributed by atoms with Gasteiger partial charge in [-0.25, -0.2) is 0 Å². The minimum Gasteiger partial charge on any atom is -0.432 e. The van der Waals surface area contributed by atoms with Gasteiger partial charge in [-0.1, -0.05) is 53.2 Å². The van der Waals surface area contributed by atoms with Gasteiger partial charge in [-0.15, -0.1) is 0 Å². The molecule has 0 unspecified atom stereocenters. The Kier molecular flexibility index (Phi) is 17.0. The number of carbonyl (C=O) groups excluding carboxylic acids is 1. The molecule has 8 fully saturated rings. The molecule has 15 N–H and O–H groups in total. The van der Waals surface area contributed by atoms with Crippen LogP contribution in [0.4, 0.5) is 0 Å². The van der Waals surface area contributed by atoms with E-state index in [-0.39, 0.29) is 42.6 Å². The van der Waals surface area contributed by atoms with Crippen molar-refractivity contribution in [2.75, 3.05) is 33.0 Å². The Morgan fingerprint density at radius 1 is 0.636 bits per heavy atom. The molecule has 29 atom stereocenters. The molecule has 9 rings (SSSR count). The molecule has 0 aromatic heterocycles. The fourth-order valence-electron chi connectivity index (χ4n) is 16.7. The average molecular weight is 1110 g/mol. The van der Waals surface area contributed by atoms with Gasteiger partial charge in [-0.05, 0) is 104 Å². The highest BCUT2D eigenvalue weighted by atomic mass is 16.8. The summed E-state index contributed by atoms with van der Waals surface area (Å²) in [7, 11) is 0. The molecule has 3 heterocycles. The summed E-state index contributed by atoms with van der Waals surface area (Å²) in [6, 6.07) is 0. The lowest BCUT2D eigenvalue weighted by molar-refractivity contribution is -0.354. The predicted octanol–water partition coefficient (Wildman–Crippen LogP) is -2.79. The largest absolute Gasteiger partial charge is 0.432 e. The maximum Gasteiger partial charge on any atom is 0.315 e. The lowest BCUT2D eigenvalue weighted by atomic mass is 9.33. The number of aliphatic hydroxyl groups excluding tert-OH is 15. The van der Waals surface area contributed by atoms with Crippen LogP contribution in [0.1, 0.15) is 106 Å². The van der Waals surface area contributed by atoms with E-state index >= 15 is 4.79 Å². The van der Waals surface area contributed by atoms with Crippen LogP contribution < -0.4 is 0 Å². The van der Waals surface area contributed by atoms with Gasteiger partial charge in [-0.3, -0.25) is 4.79 Å². The SMILES string of the molecule is CC1(C)CC[C@]2(C(=O)O[C@@H]3O[C@H](CO[C@@H]4C[C@H](CO)[C@@H](O)[C@H](O)[C@H]4O)[C@@H](O)[C@H](O)[C@H]3O[C@@H]3OC[C@@H](O)[C@H](O)[C@H]3O)CC[C@]3(C)C(=CC[C@@H]4[C@@]5(C)C[C@H](O)[C@H](O[C@@H]6O[C@H](CO)[C@@H](O)[C@H](O)[C@H]6O)[C@@](C)(CO)[C@@H]5CC[C@]43C)[C@@H]2C1. The molecule has 6 aliphatic carbocycles. The number of allylic oxidation sites excluding steroid dienone is 2. The Hall–Kier alpha value is -1.63. The zero-order chi connectivity index (χ0) is 56.3. The van der Waals surface area contributed by atoms with Crippen LogP contribution in [0.15, 0.2) is 11.6 Å². The van der Waals surface area contributed by atoms with Crippen LogP contribution in [-0.4, -0.2) is 238 Å². The van der Waals surface area contributed by atoms with E-state index in [1.807, 2.05) is 6.92 Å². The van der Waals surface area contributed by atoms with Gasteiger partial charge in [0.05, 0.1) is 56.3 Å². The second-order valence-corrected chi connectivity index (χ2v) is 26.4. The Bertz CT molecular complexity index is 2110. The molecular formula is C54H88O23. The molecule has 77 heavy (non-hydrogen) atoms. The van der Waals surface area contributed by atoms with Crippen LogP contribution in [0.3, 0.4) is 0 Å². The summed E-state index contributed by atoms with van der Waals surface area (Å²) in [6.45, 7) is 10.3. The first kappa shape index (κ1) is 60.0. The first-order chi connectivity index (χ1) is 36.1. The van der Waals surface area contributed by atoms with E-state index in [2.05, 4.69) is 40.7 Å². The number of ether oxygens (including phenoxy) is 7. The first-order valence-electron chi connectivity index (χ1n) is 27.8. The van der Waals surface area contributed by atoms with Crippen molar-refractivity contribution in [2.45, 2.75) is 228 Å². The Morgan fingerprint density at radius 2 is 1.29 bits per heavy atom. The zero-order valence-corrected chi connectivity index (χ0v) is 45.0. The van der Waals surface area contributed by atoms with Crippen LogP contribution in [0.5, 0.6) is 0 Å². The summed E-state index contributed by atoms with van der Waals surface area (Å²) in [4.78, 5) is 15.5. The number of esters is 1. The lowest BCUT2D eigenvalue weighted by Crippen LogP contribution is -2.69. The van der Waals surface area contributed by atoms with Crippen LogP contribution in [0, 0.1) is 56.2 Å². The van der Waals surface area contributed by atoms with Crippen LogP contribution in [-0.2, 0) is 38.0 Å². The molecular weight excluding hydrogens is 1020 g/mol. The van der Waals surface area contributed by atoms with E-state index in [0.29, 0.717) is 51.4 Å². The summed E-state index contributed by atoms with van der Waals surface area (Å²) in [6.07, 6.45) is -24.4. The van der Waals surface area contributed by atoms with Crippen molar-refractivity contribution < 1.29 is 115 Å². The highest BCUT2D eigenvalue weighted by Gasteiger charge is 2.72. The molecule has 0 spiro atoms. The van der Waals surface area contributed by atoms with Crippen molar-refractivity contribution in [3.8, 4) is 0 Å². The zero-order valence-electron chi connectivity index (χ0n) is 45.0. The summed E-state index contributed by atoms with van der Waals surface area (Å²) in [5, 5.41) is 162. The molecule has 23 nitrogen and oxygen atoms in total. The third kappa shape index (κ3) is 9.80. The summed E-state index contributed by atoms with van der Waals surface area (Å²) in [5.74, 6) is -2.12. The van der Waals surface area contributed by atoms with Crippen molar-refractivity contribution in [1.82, 2.24) is 0 Å². The summed E-state index contributed by atoms with van der Waals surface area (Å²) in [5.41, 5.74) is -2.81. The highest BCUT2D eigenvalue weighted by Crippen LogP contribution is 2.76. The standard InChI is InChI=1S/C54H88O23/c1-49(2)11-13-54(48(70)77-47-43(75-45-41(68)34(61)27(59)20-72-45)40(67)37(64)30(74-47)21-71-28-15-23(18-55)33(60)38(65)35(28)62)14-12-52(5)24(25(54)16-49)7-8-32-50(3)17-26(58)44(51(4,22-57)31(50)9-10-53(32,52)6)76-46-42(69)39(66)36(63)29(19-56)73-46/h7,23,25-47,55-69H,8-22H2,1-6H3/t23-,25+,26+,27-,28-,29-,30-,31-,32-,33-,34+,35+,36-,37-,38+,39+,40+,41-,42-,43-,44+,45+,46+,47+,50+,51+,52-,53-,54+/m1/s1. The van der Waals surface area contributed by atoms with Gasteiger partial charge in [0.1, 0.15) is 73.2 Å². The van der Waals surface area contributed by atoms with Crippen molar-refractivity contribution >= 4 is 5.97 Å². The molecule has 0 amide bonds. The Labute approximate surface area is 448 Å². The minimum atomic E-state index is -1.91. The van der Waals surface area contributed by atoms with Gasteiger partial charge in [0.15, 0.2) is 18.7 Å². The minimum absolute atomic E-state index is 0.0394. The van der Waals surface area contributed by atoms with Gasteiger partial charge >= 0.3 is 5.97 Å². The van der Waals surface area contributed by atoms with Crippen molar-refractivity contribution in [3.05, 3.63) is 11.6 Å². The number of aliphatic hydroxyl groups is 15. The molecule has 5 saturated carbocycles. The molecule has 0 aromatic carbocycles. The number of hydrogen-bond donors (Lipinski definition) is 15. The molecule has 442 valence electrons. The highest BCUT2D eigenvalue weighted by molar-refractivity contribution is 5.79. The average Bonchev–Trinajstić information content (AvgIpc) is 3.53. The lowest BCUT2D eigenvalue weighted by Gasteiger charge is -2.72. The van der Waals surface area contributed by atoms with Crippen LogP contribution >= 0.6 is 0 Å². The van der Waals surface area contributed by atoms with E-state index < -0.39 is 188 Å². The van der Waals surface area contributed by atoms with Crippen molar-refractivity contribution in [3.63, 3.8) is 0 Å². The normalized spacial score (nSPS) is 54.7. The topological polar surface area (TPSA) is 385 Å². The summed E-state index contributed by atoms with van der Waals surface area (Å²) >= 11 is 0. The third-order valence-electron chi connectivity index (χ3n) is 21.6. The van der Waals surface area contributed by atoms with Crippen molar-refractivity contribution in [2.24, 2.45) is 56.2 Å². The Balaban J connectivity index is 0.997. The van der Waals surface area contributed by atoms with E-state index in [9.17, 15) is 76.6 Å². The van der Waals surface area contributed by atoms with Gasteiger partial charge < -0.3 is 110 Å². The smallest absolute Gasteiger partial charge is 0.315 e. The van der Waals surface area contributed by atoms with Gasteiger partial charge in [0.25, 0.3) is 0 Å². The van der Waals surface area contributed by atoms with Crippen molar-refractivity contribution in [1.29, 1.82) is 0 Å². The third-order valence-corrected chi connectivity index (χ3v) is 21.6. The first-order valence-corrected chi connectivity index (χ1v) is 27.8. The molecule has 3 saturated heterocycles. The maximum absolute atomic E-state index is 15.5. The maximum atomic E-state index is 15.5. The van der Waals surface area contributed by atoms with E-state index in [4.69, 9.17) is 33.2 Å². The monoisotopic (exact) mass is 1100 g/mol. The number of carbonyl (C=O) groups is 1. The molecule has 0 bridgehead atoms. The summed E-state index contributed by atoms with van der Waals surface area (Å²) < 4.78 is 42.3. The number of rotatable bonds is 12. The molecule has 23 heteroatoms. The molecule has 0 aromatic rings. The molecule has 9 aliphatic rings. The fraction of sp³-hybridized carbons (Fsp3) is 0.944. The number of hydrogen-bond acceptors (Lipinski definition) is 23. The quantitative estimate of drug-likeness (QED) is 0.0534. The van der Waals surface area contributed by atoms with Gasteiger partial charge in [0, 0.05) is 17.9 Å². The Morgan fingerprint density at radius 3 is 1.96 bits per heavy atom.